The van der Waals surface area contributed by atoms with Gasteiger partial charge in [-0.2, -0.15) is 0 Å². The van der Waals surface area contributed by atoms with Crippen molar-refractivity contribution in [2.24, 2.45) is 0 Å². The van der Waals surface area contributed by atoms with Crippen LogP contribution in [0.15, 0.2) is 10.6 Å². The maximum Gasteiger partial charge on any atom is 0.246 e. The van der Waals surface area contributed by atoms with Crippen molar-refractivity contribution in [3.05, 3.63) is 17.0 Å². The molecular weight excluding hydrogens is 336 g/mol. The van der Waals surface area contributed by atoms with Crippen molar-refractivity contribution in [2.45, 2.75) is 18.9 Å². The van der Waals surface area contributed by atoms with Gasteiger partial charge in [-0.3, -0.25) is 9.59 Å². The molecular formula is C15H21ClN4O4. The smallest absolute Gasteiger partial charge is 0.246 e. The van der Waals surface area contributed by atoms with Crippen molar-refractivity contribution in [3.8, 4) is 0 Å². The number of ether oxygens (including phenoxy) is 1. The molecule has 9 heteroatoms. The molecule has 1 aromatic heterocycles. The summed E-state index contributed by atoms with van der Waals surface area (Å²) in [7, 11) is 0. The molecule has 0 radical (unpaired) electrons. The number of nitrogens with one attached hydrogen (secondary N) is 1. The van der Waals surface area contributed by atoms with Gasteiger partial charge in [0.25, 0.3) is 0 Å². The van der Waals surface area contributed by atoms with Crippen LogP contribution >= 0.6 is 11.6 Å². The third-order valence-electron chi connectivity index (χ3n) is 4.29. The fraction of sp³-hybridized carbons (Fsp3) is 0.667. The van der Waals surface area contributed by atoms with E-state index >= 15 is 0 Å². The summed E-state index contributed by atoms with van der Waals surface area (Å²) >= 11 is 5.71. The molecule has 1 unspecified atom stereocenters. The normalized spacial score (nSPS) is 21.8. The average Bonchev–Trinajstić information content (AvgIpc) is 3.05. The van der Waals surface area contributed by atoms with Crippen LogP contribution in [-0.4, -0.2) is 78.8 Å². The van der Waals surface area contributed by atoms with Gasteiger partial charge in [0.05, 0.1) is 13.2 Å². The van der Waals surface area contributed by atoms with Crippen LogP contribution in [0.4, 0.5) is 0 Å². The number of nitrogens with zero attached hydrogens (tertiary/aromatic N) is 3. The molecule has 0 saturated carbocycles. The number of halogens is 1. The molecule has 0 aromatic carbocycles. The molecule has 2 saturated heterocycles. The first-order valence-electron chi connectivity index (χ1n) is 8.13. The predicted octanol–water partition coefficient (Wildman–Crippen LogP) is -0.0802. The maximum atomic E-state index is 12.7. The molecule has 0 bridgehead atoms. The Hall–Kier alpha value is -1.64. The van der Waals surface area contributed by atoms with Crippen LogP contribution < -0.4 is 5.32 Å². The van der Waals surface area contributed by atoms with Gasteiger partial charge in [0.1, 0.15) is 11.8 Å². The Balaban J connectivity index is 1.60. The Bertz CT molecular complexity index is 588. The number of hydrogen-bond acceptors (Lipinski definition) is 6. The number of aryl methyl sites for hydroxylation is 1. The van der Waals surface area contributed by atoms with Gasteiger partial charge in [0, 0.05) is 51.6 Å². The molecule has 24 heavy (non-hydrogen) atoms. The maximum absolute atomic E-state index is 12.7. The molecule has 3 rings (SSSR count). The van der Waals surface area contributed by atoms with Crippen LogP contribution in [0.5, 0.6) is 0 Å². The summed E-state index contributed by atoms with van der Waals surface area (Å²) in [4.78, 5) is 28.8. The van der Waals surface area contributed by atoms with E-state index in [2.05, 4.69) is 10.5 Å². The summed E-state index contributed by atoms with van der Waals surface area (Å²) in [5.74, 6) is 0.497. The average molecular weight is 357 g/mol. The zero-order valence-electron chi connectivity index (χ0n) is 13.4. The molecule has 8 nitrogen and oxygen atoms in total. The second-order valence-electron chi connectivity index (χ2n) is 5.86. The van der Waals surface area contributed by atoms with Crippen LogP contribution in [0.25, 0.3) is 0 Å². The van der Waals surface area contributed by atoms with E-state index in [4.69, 9.17) is 20.9 Å². The predicted molar refractivity (Wildman–Crippen MR) is 85.6 cm³/mol. The van der Waals surface area contributed by atoms with Gasteiger partial charge >= 0.3 is 0 Å². The molecule has 2 fully saturated rings. The number of rotatable bonds is 4. The number of hydrogen-bond donors (Lipinski definition) is 1. The minimum Gasteiger partial charge on any atom is -0.378 e. The highest BCUT2D eigenvalue weighted by molar-refractivity contribution is 6.29. The Kier molecular flexibility index (Phi) is 5.70. The zero-order chi connectivity index (χ0) is 16.9. The molecule has 3 heterocycles. The molecule has 2 aliphatic rings. The number of carbonyl (C=O) groups is 2. The molecule has 1 aromatic rings. The van der Waals surface area contributed by atoms with E-state index in [-0.39, 0.29) is 23.4 Å². The number of aromatic nitrogens is 1. The highest BCUT2D eigenvalue weighted by Crippen LogP contribution is 2.14. The van der Waals surface area contributed by atoms with Crippen molar-refractivity contribution < 1.29 is 18.8 Å². The summed E-state index contributed by atoms with van der Waals surface area (Å²) in [6.45, 7) is 3.94. The lowest BCUT2D eigenvalue weighted by molar-refractivity contribution is -0.149. The lowest BCUT2D eigenvalue weighted by Gasteiger charge is -2.39. The molecule has 1 atom stereocenters. The molecule has 0 aliphatic carbocycles. The molecule has 2 aliphatic heterocycles. The lowest BCUT2D eigenvalue weighted by Crippen LogP contribution is -2.61. The van der Waals surface area contributed by atoms with Gasteiger partial charge in [-0.1, -0.05) is 16.8 Å². The minimum atomic E-state index is -0.456. The van der Waals surface area contributed by atoms with E-state index in [1.165, 1.54) is 0 Å². The molecule has 1 N–H and O–H groups in total. The number of piperazine rings is 1. The van der Waals surface area contributed by atoms with Crippen molar-refractivity contribution in [1.29, 1.82) is 0 Å². The highest BCUT2D eigenvalue weighted by Gasteiger charge is 2.35. The van der Waals surface area contributed by atoms with Gasteiger partial charge in [-0.05, 0) is 0 Å². The van der Waals surface area contributed by atoms with Crippen molar-refractivity contribution in [2.75, 3.05) is 45.9 Å². The SMILES string of the molecule is O=C(C1CNCCN1C(=O)CCc1cc(Cl)no1)N1CCOCC1. The van der Waals surface area contributed by atoms with Crippen molar-refractivity contribution in [3.63, 3.8) is 0 Å². The molecule has 132 valence electrons. The summed E-state index contributed by atoms with van der Waals surface area (Å²) < 4.78 is 10.3. The fourth-order valence-electron chi connectivity index (χ4n) is 3.00. The van der Waals surface area contributed by atoms with Crippen LogP contribution in [0.3, 0.4) is 0 Å². The topological polar surface area (TPSA) is 87.9 Å². The second kappa shape index (κ2) is 7.96. The van der Waals surface area contributed by atoms with Crippen LogP contribution in [0, 0.1) is 0 Å². The third kappa shape index (κ3) is 4.06. The first-order chi connectivity index (χ1) is 11.6. The Morgan fingerprint density at radius 3 is 2.83 bits per heavy atom. The summed E-state index contributed by atoms with van der Waals surface area (Å²) in [5.41, 5.74) is 0. The van der Waals surface area contributed by atoms with E-state index in [1.54, 1.807) is 15.9 Å². The van der Waals surface area contributed by atoms with Gasteiger partial charge in [0.15, 0.2) is 5.15 Å². The fourth-order valence-corrected chi connectivity index (χ4v) is 3.15. The number of carbonyl (C=O) groups excluding carboxylic acids is 2. The lowest BCUT2D eigenvalue weighted by atomic mass is 10.1. The van der Waals surface area contributed by atoms with E-state index in [0.29, 0.717) is 58.1 Å². The summed E-state index contributed by atoms with van der Waals surface area (Å²) in [6.07, 6.45) is 0.680. The largest absolute Gasteiger partial charge is 0.378 e. The minimum absolute atomic E-state index is 0.0124. The zero-order valence-corrected chi connectivity index (χ0v) is 14.1. The van der Waals surface area contributed by atoms with Gasteiger partial charge in [-0.15, -0.1) is 0 Å². The second-order valence-corrected chi connectivity index (χ2v) is 6.25. The van der Waals surface area contributed by atoms with E-state index in [9.17, 15) is 9.59 Å². The monoisotopic (exact) mass is 356 g/mol. The first kappa shape index (κ1) is 17.2. The van der Waals surface area contributed by atoms with Gasteiger partial charge in [0.2, 0.25) is 11.8 Å². The summed E-state index contributed by atoms with van der Waals surface area (Å²) in [6, 6.07) is 1.14. The van der Waals surface area contributed by atoms with Crippen LogP contribution in [0.2, 0.25) is 5.15 Å². The van der Waals surface area contributed by atoms with Crippen LogP contribution in [-0.2, 0) is 20.7 Å². The third-order valence-corrected chi connectivity index (χ3v) is 4.47. The molecule has 2 amide bonds. The van der Waals surface area contributed by atoms with Crippen molar-refractivity contribution >= 4 is 23.4 Å². The summed E-state index contributed by atoms with van der Waals surface area (Å²) in [5, 5.41) is 7.07. The van der Waals surface area contributed by atoms with E-state index < -0.39 is 6.04 Å². The quantitative estimate of drug-likeness (QED) is 0.812. The number of morpholine rings is 1. The highest BCUT2D eigenvalue weighted by atomic mass is 35.5. The standard InChI is InChI=1S/C15H21ClN4O4/c16-13-9-11(24-18-13)1-2-14(21)20-4-3-17-10-12(20)15(22)19-5-7-23-8-6-19/h9,12,17H,1-8,10H2. The van der Waals surface area contributed by atoms with E-state index in [0.717, 1.165) is 0 Å². The van der Waals surface area contributed by atoms with Crippen molar-refractivity contribution in [1.82, 2.24) is 20.3 Å². The van der Waals surface area contributed by atoms with Gasteiger partial charge in [-0.25, -0.2) is 0 Å². The Labute approximate surface area is 145 Å². The van der Waals surface area contributed by atoms with E-state index in [1.807, 2.05) is 0 Å². The van der Waals surface area contributed by atoms with Crippen LogP contribution in [0.1, 0.15) is 12.2 Å². The Morgan fingerprint density at radius 1 is 1.33 bits per heavy atom. The Morgan fingerprint density at radius 2 is 2.12 bits per heavy atom. The first-order valence-corrected chi connectivity index (χ1v) is 8.51. The molecule has 0 spiro atoms. The van der Waals surface area contributed by atoms with Gasteiger partial charge < -0.3 is 24.4 Å². The number of amides is 2.